The second-order valence-corrected chi connectivity index (χ2v) is 6.18. The normalized spacial score (nSPS) is 11.3. The third-order valence-electron chi connectivity index (χ3n) is 4.08. The Balaban J connectivity index is 2.28. The van der Waals surface area contributed by atoms with Gasteiger partial charge in [0.15, 0.2) is 11.5 Å². The Bertz CT molecular complexity index is 793. The number of aliphatic hydroxyl groups is 1. The fraction of sp³-hybridized carbons (Fsp3) is 0.333. The monoisotopic (exact) mass is 382 g/mol. The Morgan fingerprint density at radius 3 is 2.36 bits per heavy atom. The number of unbranched alkanes of at least 4 members (excludes halogenated alkanes) is 1. The van der Waals surface area contributed by atoms with Gasteiger partial charge in [0.05, 0.1) is 20.3 Å². The Kier molecular flexibility index (Phi) is 9.16. The molecule has 0 radical (unpaired) electrons. The van der Waals surface area contributed by atoms with E-state index in [1.807, 2.05) is 44.2 Å². The highest BCUT2D eigenvalue weighted by Crippen LogP contribution is 2.37. The highest BCUT2D eigenvalue weighted by Gasteiger charge is 2.12. The molecule has 0 atom stereocenters. The first-order valence-corrected chi connectivity index (χ1v) is 9.75. The fourth-order valence-electron chi connectivity index (χ4n) is 2.83. The summed E-state index contributed by atoms with van der Waals surface area (Å²) >= 11 is 0. The quantitative estimate of drug-likeness (QED) is 0.415. The van der Waals surface area contributed by atoms with Crippen molar-refractivity contribution >= 4 is 18.2 Å². The fourth-order valence-corrected chi connectivity index (χ4v) is 2.83. The summed E-state index contributed by atoms with van der Waals surface area (Å²) in [6.07, 6.45) is 9.89. The molecule has 0 aliphatic rings. The molecular formula is C24H30O4. The van der Waals surface area contributed by atoms with E-state index in [0.29, 0.717) is 24.7 Å². The summed E-state index contributed by atoms with van der Waals surface area (Å²) in [6.45, 7) is 5.27. The maximum atomic E-state index is 8.86. The first-order chi connectivity index (χ1) is 13.7. The third kappa shape index (κ3) is 6.46. The van der Waals surface area contributed by atoms with Crippen LogP contribution in [0, 0.1) is 0 Å². The summed E-state index contributed by atoms with van der Waals surface area (Å²) < 4.78 is 17.0. The smallest absolute Gasteiger partial charge is 0.168 e. The lowest BCUT2D eigenvalue weighted by atomic mass is 10.1. The number of benzene rings is 2. The predicted molar refractivity (Wildman–Crippen MR) is 116 cm³/mol. The lowest BCUT2D eigenvalue weighted by molar-refractivity contribution is 0.290. The van der Waals surface area contributed by atoms with Gasteiger partial charge in [0.1, 0.15) is 5.75 Å². The van der Waals surface area contributed by atoms with Gasteiger partial charge < -0.3 is 19.3 Å². The first-order valence-electron chi connectivity index (χ1n) is 9.75. The topological polar surface area (TPSA) is 47.9 Å². The molecule has 0 spiro atoms. The van der Waals surface area contributed by atoms with Gasteiger partial charge in [0.25, 0.3) is 0 Å². The van der Waals surface area contributed by atoms with Crippen molar-refractivity contribution in [2.24, 2.45) is 0 Å². The summed E-state index contributed by atoms with van der Waals surface area (Å²) in [6, 6.07) is 12.1. The lowest BCUT2D eigenvalue weighted by Crippen LogP contribution is -1.99. The number of hydrogen-bond donors (Lipinski definition) is 1. The molecule has 0 saturated heterocycles. The zero-order chi connectivity index (χ0) is 20.2. The minimum Gasteiger partial charge on any atom is -0.494 e. The molecule has 0 heterocycles. The van der Waals surface area contributed by atoms with E-state index in [9.17, 15) is 0 Å². The largest absolute Gasteiger partial charge is 0.494 e. The van der Waals surface area contributed by atoms with E-state index in [-0.39, 0.29) is 6.61 Å². The minimum atomic E-state index is 0.222. The molecule has 0 aliphatic heterocycles. The van der Waals surface area contributed by atoms with Crippen molar-refractivity contribution in [1.29, 1.82) is 0 Å². The summed E-state index contributed by atoms with van der Waals surface area (Å²) in [5, 5.41) is 8.86. The Morgan fingerprint density at radius 2 is 1.68 bits per heavy atom. The predicted octanol–water partition coefficient (Wildman–Crippen LogP) is 5.45. The molecular weight excluding hydrogens is 352 g/mol. The van der Waals surface area contributed by atoms with E-state index >= 15 is 0 Å². The van der Waals surface area contributed by atoms with Crippen LogP contribution in [0.3, 0.4) is 0 Å². The number of allylic oxidation sites excluding steroid dienone is 1. The van der Waals surface area contributed by atoms with Crippen LogP contribution in [-0.4, -0.2) is 32.0 Å². The molecule has 0 fully saturated rings. The second kappa shape index (κ2) is 11.9. The minimum absolute atomic E-state index is 0.222. The molecule has 4 nitrogen and oxygen atoms in total. The van der Waals surface area contributed by atoms with Crippen LogP contribution in [0.4, 0.5) is 0 Å². The first kappa shape index (κ1) is 21.6. The van der Waals surface area contributed by atoms with Gasteiger partial charge in [-0.05, 0) is 49.9 Å². The van der Waals surface area contributed by atoms with E-state index in [1.54, 1.807) is 7.11 Å². The molecule has 4 heteroatoms. The van der Waals surface area contributed by atoms with Crippen LogP contribution in [0.15, 0.2) is 42.5 Å². The maximum absolute atomic E-state index is 8.86. The standard InChI is InChI=1S/C24H30O4/c1-4-27-22-17-21(24(26-3)23(18-22)28-5-2)14-13-20-12-9-11-19(16-20)10-7-6-8-15-25/h7,9-14,16-18,25H,4-6,8,15H2,1-3H3. The highest BCUT2D eigenvalue weighted by molar-refractivity contribution is 5.76. The molecule has 0 amide bonds. The molecule has 0 saturated carbocycles. The summed E-state index contributed by atoms with van der Waals surface area (Å²) in [5.74, 6) is 2.13. The van der Waals surface area contributed by atoms with Crippen molar-refractivity contribution in [1.82, 2.24) is 0 Å². The summed E-state index contributed by atoms with van der Waals surface area (Å²) in [7, 11) is 1.65. The lowest BCUT2D eigenvalue weighted by Gasteiger charge is -2.14. The molecule has 1 N–H and O–H groups in total. The highest BCUT2D eigenvalue weighted by atomic mass is 16.5. The number of ether oxygens (including phenoxy) is 3. The number of rotatable bonds is 11. The van der Waals surface area contributed by atoms with Crippen LogP contribution in [0.1, 0.15) is 43.4 Å². The van der Waals surface area contributed by atoms with Crippen molar-refractivity contribution in [3.05, 3.63) is 59.2 Å². The van der Waals surface area contributed by atoms with Crippen molar-refractivity contribution in [3.63, 3.8) is 0 Å². The Labute approximate surface area is 168 Å². The van der Waals surface area contributed by atoms with E-state index in [2.05, 4.69) is 30.4 Å². The van der Waals surface area contributed by atoms with Crippen LogP contribution in [0.2, 0.25) is 0 Å². The molecule has 0 unspecified atom stereocenters. The molecule has 0 bridgehead atoms. The van der Waals surface area contributed by atoms with Gasteiger partial charge in [-0.15, -0.1) is 0 Å². The summed E-state index contributed by atoms with van der Waals surface area (Å²) in [5.41, 5.74) is 3.12. The SMILES string of the molecule is CCOc1cc(C=Cc2cccc(C=CCCCO)c2)c(OC)c(OCC)c1. The van der Waals surface area contributed by atoms with Crippen LogP contribution >= 0.6 is 0 Å². The zero-order valence-corrected chi connectivity index (χ0v) is 17.0. The third-order valence-corrected chi connectivity index (χ3v) is 4.08. The average molecular weight is 383 g/mol. The van der Waals surface area contributed by atoms with Crippen molar-refractivity contribution in [2.45, 2.75) is 26.7 Å². The van der Waals surface area contributed by atoms with Crippen molar-refractivity contribution in [3.8, 4) is 17.2 Å². The van der Waals surface area contributed by atoms with Crippen LogP contribution in [0.5, 0.6) is 17.2 Å². The summed E-state index contributed by atoms with van der Waals surface area (Å²) in [4.78, 5) is 0. The molecule has 28 heavy (non-hydrogen) atoms. The van der Waals surface area contributed by atoms with Gasteiger partial charge in [-0.2, -0.15) is 0 Å². The number of aliphatic hydroxyl groups excluding tert-OH is 1. The van der Waals surface area contributed by atoms with Crippen molar-refractivity contribution < 1.29 is 19.3 Å². The van der Waals surface area contributed by atoms with Crippen LogP contribution < -0.4 is 14.2 Å². The van der Waals surface area contributed by atoms with Crippen LogP contribution in [0.25, 0.3) is 18.2 Å². The van der Waals surface area contributed by atoms with E-state index < -0.39 is 0 Å². The molecule has 0 aliphatic carbocycles. The van der Waals surface area contributed by atoms with E-state index in [0.717, 1.165) is 35.3 Å². The second-order valence-electron chi connectivity index (χ2n) is 6.18. The van der Waals surface area contributed by atoms with Gasteiger partial charge in [0.2, 0.25) is 0 Å². The zero-order valence-electron chi connectivity index (χ0n) is 17.0. The number of hydrogen-bond acceptors (Lipinski definition) is 4. The van der Waals surface area contributed by atoms with Gasteiger partial charge in [0, 0.05) is 18.2 Å². The van der Waals surface area contributed by atoms with E-state index in [1.165, 1.54) is 0 Å². The van der Waals surface area contributed by atoms with Gasteiger partial charge >= 0.3 is 0 Å². The van der Waals surface area contributed by atoms with Gasteiger partial charge in [-0.1, -0.05) is 42.5 Å². The average Bonchev–Trinajstić information content (AvgIpc) is 2.70. The molecule has 0 aromatic heterocycles. The van der Waals surface area contributed by atoms with Gasteiger partial charge in [-0.3, -0.25) is 0 Å². The Hall–Kier alpha value is -2.72. The maximum Gasteiger partial charge on any atom is 0.168 e. The van der Waals surface area contributed by atoms with Crippen LogP contribution in [-0.2, 0) is 0 Å². The van der Waals surface area contributed by atoms with E-state index in [4.69, 9.17) is 19.3 Å². The molecule has 2 rings (SSSR count). The molecule has 150 valence electrons. The Morgan fingerprint density at radius 1 is 0.929 bits per heavy atom. The number of methoxy groups -OCH3 is 1. The van der Waals surface area contributed by atoms with Gasteiger partial charge in [-0.25, -0.2) is 0 Å². The van der Waals surface area contributed by atoms with Crippen molar-refractivity contribution in [2.75, 3.05) is 26.9 Å². The molecule has 2 aromatic carbocycles. The molecule has 2 aromatic rings.